The van der Waals surface area contributed by atoms with Crippen molar-refractivity contribution < 1.29 is 14.3 Å². The zero-order valence-corrected chi connectivity index (χ0v) is 20.6. The van der Waals surface area contributed by atoms with Crippen molar-refractivity contribution in [2.75, 3.05) is 19.6 Å². The molecule has 3 saturated heterocycles. The van der Waals surface area contributed by atoms with Crippen molar-refractivity contribution in [3.05, 3.63) is 100 Å². The van der Waals surface area contributed by atoms with Crippen molar-refractivity contribution in [1.82, 2.24) is 10.2 Å². The highest BCUT2D eigenvalue weighted by atomic mass is 79.9. The second-order valence-electron chi connectivity index (χ2n) is 9.06. The Balaban J connectivity index is 1.30. The number of rotatable bonds is 7. The molecule has 1 N–H and O–H groups in total. The molecule has 3 aromatic rings. The number of alkyl carbamates (subject to hydrolysis) is 1. The van der Waals surface area contributed by atoms with Crippen LogP contribution in [0, 0.1) is 5.92 Å². The average molecular weight is 521 g/mol. The molecule has 2 bridgehead atoms. The monoisotopic (exact) mass is 520 g/mol. The molecule has 176 valence electrons. The van der Waals surface area contributed by atoms with Gasteiger partial charge in [-0.3, -0.25) is 4.90 Å². The first-order chi connectivity index (χ1) is 16.6. The molecule has 0 unspecified atom stereocenters. The number of hydrogen-bond donors (Lipinski definition) is 1. The van der Waals surface area contributed by atoms with E-state index >= 15 is 0 Å². The summed E-state index contributed by atoms with van der Waals surface area (Å²) in [6.07, 6.45) is 1.82. The fourth-order valence-electron chi connectivity index (χ4n) is 4.87. The van der Waals surface area contributed by atoms with Gasteiger partial charge >= 0.3 is 6.09 Å². The Morgan fingerprint density at radius 3 is 2.41 bits per heavy atom. The lowest BCUT2D eigenvalue weighted by atomic mass is 9.86. The lowest BCUT2D eigenvalue weighted by Crippen LogP contribution is -2.52. The summed E-state index contributed by atoms with van der Waals surface area (Å²) in [4.78, 5) is 15.4. The molecule has 6 rings (SSSR count). The van der Waals surface area contributed by atoms with E-state index in [-0.39, 0.29) is 18.2 Å². The highest BCUT2D eigenvalue weighted by Gasteiger charge is 2.36. The van der Waals surface area contributed by atoms with Crippen molar-refractivity contribution in [3.63, 3.8) is 0 Å². The maximum Gasteiger partial charge on any atom is 0.408 e. The van der Waals surface area contributed by atoms with Gasteiger partial charge in [0.15, 0.2) is 0 Å². The van der Waals surface area contributed by atoms with Gasteiger partial charge in [-0.2, -0.15) is 0 Å². The number of nitrogens with one attached hydrogen (secondary N) is 1. The van der Waals surface area contributed by atoms with Crippen LogP contribution in [-0.2, 0) is 11.3 Å². The quantitative estimate of drug-likeness (QED) is 0.418. The molecule has 3 aliphatic heterocycles. The fourth-order valence-corrected chi connectivity index (χ4v) is 5.13. The van der Waals surface area contributed by atoms with Crippen LogP contribution in [0.2, 0.25) is 0 Å². The Kier molecular flexibility index (Phi) is 7.16. The number of benzene rings is 3. The van der Waals surface area contributed by atoms with Crippen molar-refractivity contribution >= 4 is 22.0 Å². The Morgan fingerprint density at radius 1 is 0.971 bits per heavy atom. The molecule has 0 spiro atoms. The molecule has 0 saturated carbocycles. The van der Waals surface area contributed by atoms with E-state index in [9.17, 15) is 4.79 Å². The first-order valence-corrected chi connectivity index (χ1v) is 12.6. The van der Waals surface area contributed by atoms with E-state index in [0.717, 1.165) is 59.4 Å². The number of amides is 1. The maximum atomic E-state index is 13.0. The van der Waals surface area contributed by atoms with Gasteiger partial charge in [-0.05, 0) is 72.8 Å². The maximum absolute atomic E-state index is 13.0. The van der Waals surface area contributed by atoms with E-state index in [0.29, 0.717) is 12.5 Å². The molecule has 0 radical (unpaired) electrons. The van der Waals surface area contributed by atoms with Gasteiger partial charge in [0, 0.05) is 11.0 Å². The third kappa shape index (κ3) is 5.62. The molecule has 34 heavy (non-hydrogen) atoms. The zero-order valence-electron chi connectivity index (χ0n) is 19.0. The number of carbonyl (C=O) groups is 1. The summed E-state index contributed by atoms with van der Waals surface area (Å²) in [5.41, 5.74) is 3.04. The highest BCUT2D eigenvalue weighted by Crippen LogP contribution is 2.30. The van der Waals surface area contributed by atoms with Gasteiger partial charge in [0.2, 0.25) is 0 Å². The SMILES string of the molecule is O=C(N[C@@H](c1ccccc1)c1cccc(OCc2ccc(Br)cc2)c1)O[C@H]1CN2CCC1CC2. The van der Waals surface area contributed by atoms with Gasteiger partial charge in [0.1, 0.15) is 18.5 Å². The highest BCUT2D eigenvalue weighted by molar-refractivity contribution is 9.10. The number of halogens is 1. The normalized spacial score (nSPS) is 22.1. The molecular formula is C28H29BrN2O3. The van der Waals surface area contributed by atoms with Gasteiger partial charge < -0.3 is 14.8 Å². The van der Waals surface area contributed by atoms with E-state index in [1.54, 1.807) is 0 Å². The number of piperidine rings is 3. The predicted molar refractivity (Wildman–Crippen MR) is 136 cm³/mol. The minimum atomic E-state index is -0.367. The van der Waals surface area contributed by atoms with Crippen LogP contribution in [-0.4, -0.2) is 36.7 Å². The smallest absolute Gasteiger partial charge is 0.408 e. The average Bonchev–Trinajstić information content (AvgIpc) is 2.88. The minimum Gasteiger partial charge on any atom is -0.489 e. The van der Waals surface area contributed by atoms with Crippen molar-refractivity contribution in [2.45, 2.75) is 31.6 Å². The standard InChI is InChI=1S/C28H29BrN2O3/c29-24-11-9-20(10-12-24)19-33-25-8-4-7-23(17-25)27(22-5-2-1-3-6-22)30-28(32)34-26-18-31-15-13-21(26)14-16-31/h1-12,17,21,26-27H,13-16,18-19H2,(H,30,32)/t26-,27-/m0/s1. The molecule has 5 nitrogen and oxygen atoms in total. The Hall–Kier alpha value is -2.83. The Labute approximate surface area is 209 Å². The van der Waals surface area contributed by atoms with Crippen LogP contribution in [0.3, 0.4) is 0 Å². The van der Waals surface area contributed by atoms with Crippen LogP contribution in [0.1, 0.15) is 35.6 Å². The fraction of sp³-hybridized carbons (Fsp3) is 0.321. The molecule has 3 aliphatic rings. The van der Waals surface area contributed by atoms with Crippen molar-refractivity contribution in [2.24, 2.45) is 5.92 Å². The molecule has 3 heterocycles. The number of fused-ring (bicyclic) bond motifs is 3. The lowest BCUT2D eigenvalue weighted by molar-refractivity contribution is -0.0336. The molecule has 3 aromatic carbocycles. The summed E-state index contributed by atoms with van der Waals surface area (Å²) in [5.74, 6) is 1.23. The van der Waals surface area contributed by atoms with E-state index in [1.807, 2.05) is 78.9 Å². The van der Waals surface area contributed by atoms with E-state index in [4.69, 9.17) is 9.47 Å². The molecule has 1 amide bonds. The number of hydrogen-bond acceptors (Lipinski definition) is 4. The first kappa shape index (κ1) is 22.9. The van der Waals surface area contributed by atoms with E-state index in [1.165, 1.54) is 0 Å². The third-order valence-corrected chi connectivity index (χ3v) is 7.29. The number of nitrogens with zero attached hydrogens (tertiary/aromatic N) is 1. The summed E-state index contributed by atoms with van der Waals surface area (Å²) in [6.45, 7) is 3.55. The van der Waals surface area contributed by atoms with Gasteiger partial charge in [0.05, 0.1) is 6.04 Å². The van der Waals surface area contributed by atoms with Crippen molar-refractivity contribution in [1.29, 1.82) is 0 Å². The largest absolute Gasteiger partial charge is 0.489 e. The van der Waals surface area contributed by atoms with Crippen LogP contribution >= 0.6 is 15.9 Å². The van der Waals surface area contributed by atoms with Crippen molar-refractivity contribution in [3.8, 4) is 5.75 Å². The van der Waals surface area contributed by atoms with Crippen LogP contribution in [0.15, 0.2) is 83.3 Å². The van der Waals surface area contributed by atoms with Crippen LogP contribution in [0.25, 0.3) is 0 Å². The summed E-state index contributed by atoms with van der Waals surface area (Å²) in [6, 6.07) is 25.6. The van der Waals surface area contributed by atoms with Crippen LogP contribution < -0.4 is 10.1 Å². The summed E-state index contributed by atoms with van der Waals surface area (Å²) in [5, 5.41) is 3.12. The molecule has 3 fully saturated rings. The van der Waals surface area contributed by atoms with Gasteiger partial charge in [-0.25, -0.2) is 4.79 Å². The first-order valence-electron chi connectivity index (χ1n) is 11.9. The van der Waals surface area contributed by atoms with Crippen LogP contribution in [0.4, 0.5) is 4.79 Å². The molecule has 0 aliphatic carbocycles. The van der Waals surface area contributed by atoms with E-state index < -0.39 is 0 Å². The lowest BCUT2D eigenvalue weighted by Gasteiger charge is -2.43. The second kappa shape index (κ2) is 10.6. The molecule has 2 atom stereocenters. The summed E-state index contributed by atoms with van der Waals surface area (Å²) < 4.78 is 13.0. The number of ether oxygens (including phenoxy) is 2. The minimum absolute atomic E-state index is 0.0282. The summed E-state index contributed by atoms with van der Waals surface area (Å²) >= 11 is 3.46. The second-order valence-corrected chi connectivity index (χ2v) is 9.97. The van der Waals surface area contributed by atoms with E-state index in [2.05, 4.69) is 26.1 Å². The van der Waals surface area contributed by atoms with Gasteiger partial charge in [-0.15, -0.1) is 0 Å². The Bertz CT molecular complexity index is 1100. The predicted octanol–water partition coefficient (Wildman–Crippen LogP) is 5.94. The molecular weight excluding hydrogens is 492 g/mol. The molecule has 6 heteroatoms. The molecule has 0 aromatic heterocycles. The summed E-state index contributed by atoms with van der Waals surface area (Å²) in [7, 11) is 0. The zero-order chi connectivity index (χ0) is 23.3. The number of carbonyl (C=O) groups excluding carboxylic acids is 1. The third-order valence-electron chi connectivity index (χ3n) is 6.76. The Morgan fingerprint density at radius 2 is 1.71 bits per heavy atom. The topological polar surface area (TPSA) is 50.8 Å². The van der Waals surface area contributed by atoms with Gasteiger partial charge in [0.25, 0.3) is 0 Å². The van der Waals surface area contributed by atoms with Crippen LogP contribution in [0.5, 0.6) is 5.75 Å². The van der Waals surface area contributed by atoms with Gasteiger partial charge in [-0.1, -0.05) is 70.5 Å².